The minimum atomic E-state index is -1.06. The summed E-state index contributed by atoms with van der Waals surface area (Å²) in [4.78, 5) is 65.1. The highest BCUT2D eigenvalue weighted by atomic mass is 16.5. The Kier molecular flexibility index (Phi) is 17.8. The second-order valence-corrected chi connectivity index (χ2v) is 12.4. The van der Waals surface area contributed by atoms with Gasteiger partial charge in [-0.1, -0.05) is 48.0 Å². The molecule has 6 atom stereocenters. The summed E-state index contributed by atoms with van der Waals surface area (Å²) in [7, 11) is 1.41. The molecule has 0 fully saturated rings. The van der Waals surface area contributed by atoms with Crippen molar-refractivity contribution in [3.05, 3.63) is 35.3 Å². The Bertz CT molecular complexity index is 1130. The van der Waals surface area contributed by atoms with Gasteiger partial charge >= 0.3 is 0 Å². The molecule has 0 bridgehead atoms. The molecule has 0 radical (unpaired) electrons. The summed E-state index contributed by atoms with van der Waals surface area (Å²) in [6.07, 6.45) is 3.54. The number of pyridine rings is 1. The first-order valence-corrected chi connectivity index (χ1v) is 16.1. The zero-order valence-electron chi connectivity index (χ0n) is 28.8. The van der Waals surface area contributed by atoms with Gasteiger partial charge in [-0.3, -0.25) is 24.0 Å². The third-order valence-electron chi connectivity index (χ3n) is 7.58. The highest BCUT2D eigenvalue weighted by Crippen LogP contribution is 2.11. The molecule has 5 amide bonds. The maximum absolute atomic E-state index is 13.5. The number of ether oxygens (including phenoxy) is 1. The van der Waals surface area contributed by atoms with E-state index in [0.717, 1.165) is 0 Å². The minimum absolute atomic E-state index is 0.110. The number of methoxy groups -OCH3 is 1. The van der Waals surface area contributed by atoms with Gasteiger partial charge < -0.3 is 41.8 Å². The van der Waals surface area contributed by atoms with Crippen LogP contribution in [0.25, 0.3) is 0 Å². The van der Waals surface area contributed by atoms with Crippen molar-refractivity contribution in [3.8, 4) is 0 Å². The van der Waals surface area contributed by atoms with Crippen molar-refractivity contribution in [2.75, 3.05) is 26.8 Å². The third-order valence-corrected chi connectivity index (χ3v) is 7.58. The first kappa shape index (κ1) is 40.2. The highest BCUT2D eigenvalue weighted by Gasteiger charge is 2.32. The van der Waals surface area contributed by atoms with Crippen LogP contribution in [0.2, 0.25) is 0 Å². The Hall–Kier alpha value is -3.78. The lowest BCUT2D eigenvalue weighted by Crippen LogP contribution is -2.59. The molecule has 14 heteroatoms. The van der Waals surface area contributed by atoms with E-state index in [-0.39, 0.29) is 48.3 Å². The number of nitrogens with zero attached hydrogens (tertiary/aromatic N) is 1. The van der Waals surface area contributed by atoms with E-state index in [1.807, 2.05) is 48.5 Å². The van der Waals surface area contributed by atoms with Gasteiger partial charge in [0.25, 0.3) is 5.91 Å². The van der Waals surface area contributed by atoms with Crippen molar-refractivity contribution in [3.63, 3.8) is 0 Å². The SMILES string of the molecule is CCNC(=O)[C@@H](NC(=O)[C@H](C)NC[C@H](CC(C)C)NC(=O)[C@H](COC)NC(=O)[C@@H](NC(=O)c1cc[n+]([O-])cc1)[C@@H](C)CC)C(C)C. The van der Waals surface area contributed by atoms with Gasteiger partial charge in [-0.25, -0.2) is 0 Å². The lowest BCUT2D eigenvalue weighted by molar-refractivity contribution is -0.605. The molecule has 1 aromatic rings. The Labute approximate surface area is 273 Å². The summed E-state index contributed by atoms with van der Waals surface area (Å²) in [6, 6.07) is -1.03. The number of rotatable bonds is 20. The maximum atomic E-state index is 13.5. The molecular weight excluding hydrogens is 594 g/mol. The van der Waals surface area contributed by atoms with Gasteiger partial charge in [0.15, 0.2) is 12.4 Å². The number of nitrogens with one attached hydrogen (secondary N) is 6. The second kappa shape index (κ2) is 20.4. The number of likely N-dealkylation sites (N-methyl/N-ethyl adjacent to an activating group) is 1. The van der Waals surface area contributed by atoms with Gasteiger partial charge in [-0.05, 0) is 38.0 Å². The zero-order chi connectivity index (χ0) is 35.0. The number of hydrogen-bond acceptors (Lipinski definition) is 8. The lowest BCUT2D eigenvalue weighted by Gasteiger charge is -2.28. The van der Waals surface area contributed by atoms with Crippen LogP contribution in [0.15, 0.2) is 24.5 Å². The van der Waals surface area contributed by atoms with E-state index >= 15 is 0 Å². The molecular formula is C32H55N7O7. The van der Waals surface area contributed by atoms with Crippen LogP contribution in [0.1, 0.15) is 78.6 Å². The topological polar surface area (TPSA) is 194 Å². The lowest BCUT2D eigenvalue weighted by atomic mass is 9.97. The molecule has 0 saturated carbocycles. The van der Waals surface area contributed by atoms with Gasteiger partial charge in [-0.15, -0.1) is 0 Å². The van der Waals surface area contributed by atoms with E-state index in [2.05, 4.69) is 31.9 Å². The molecule has 260 valence electrons. The molecule has 0 aliphatic heterocycles. The fourth-order valence-electron chi connectivity index (χ4n) is 4.67. The minimum Gasteiger partial charge on any atom is -0.619 e. The number of carbonyl (C=O) groups is 5. The van der Waals surface area contributed by atoms with Gasteiger partial charge in [0.05, 0.1) is 18.2 Å². The first-order chi connectivity index (χ1) is 21.6. The van der Waals surface area contributed by atoms with Gasteiger partial charge in [0, 0.05) is 38.4 Å². The zero-order valence-corrected chi connectivity index (χ0v) is 28.8. The average Bonchev–Trinajstić information content (AvgIpc) is 3.00. The van der Waals surface area contributed by atoms with Crippen LogP contribution in [-0.4, -0.2) is 86.6 Å². The molecule has 1 heterocycles. The summed E-state index contributed by atoms with van der Waals surface area (Å²) >= 11 is 0. The van der Waals surface area contributed by atoms with Crippen LogP contribution >= 0.6 is 0 Å². The largest absolute Gasteiger partial charge is 0.619 e. The second-order valence-electron chi connectivity index (χ2n) is 12.4. The highest BCUT2D eigenvalue weighted by molar-refractivity contribution is 5.98. The molecule has 0 spiro atoms. The van der Waals surface area contributed by atoms with Crippen molar-refractivity contribution in [2.45, 2.75) is 98.4 Å². The van der Waals surface area contributed by atoms with E-state index in [4.69, 9.17) is 4.74 Å². The van der Waals surface area contributed by atoms with E-state index in [0.29, 0.717) is 24.1 Å². The van der Waals surface area contributed by atoms with Gasteiger partial charge in [0.1, 0.15) is 18.1 Å². The third kappa shape index (κ3) is 13.7. The van der Waals surface area contributed by atoms with Crippen molar-refractivity contribution in [1.82, 2.24) is 31.9 Å². The standard InChI is InChI=1S/C32H55N7O7/c1-10-21(7)27(38-29(41)23-12-14-39(45)15-13-23)32(44)36-25(18-46-9)30(42)35-24(16-19(3)4)17-34-22(8)28(40)37-26(20(5)6)31(43)33-11-2/h12-15,19-22,24-27,34H,10-11,16-18H2,1-9H3,(H,33,43)(H,35,42)(H,36,44)(H,37,40)(H,38,41)/t21-,22-,24-,25-,26-,27-/m0/s1. The predicted octanol–water partition coefficient (Wildman–Crippen LogP) is 0.382. The van der Waals surface area contributed by atoms with Crippen molar-refractivity contribution in [1.29, 1.82) is 0 Å². The maximum Gasteiger partial charge on any atom is 0.252 e. The normalized spacial score (nSPS) is 15.2. The summed E-state index contributed by atoms with van der Waals surface area (Å²) < 4.78 is 5.80. The molecule has 0 saturated heterocycles. The Morgan fingerprint density at radius 1 is 0.826 bits per heavy atom. The number of carbonyl (C=O) groups excluding carboxylic acids is 5. The van der Waals surface area contributed by atoms with Crippen molar-refractivity contribution >= 4 is 29.5 Å². The Balaban J connectivity index is 2.97. The average molecular weight is 650 g/mol. The molecule has 14 nitrogen and oxygen atoms in total. The van der Waals surface area contributed by atoms with Crippen LogP contribution in [0.5, 0.6) is 0 Å². The molecule has 0 aromatic carbocycles. The molecule has 0 unspecified atom stereocenters. The Morgan fingerprint density at radius 2 is 1.46 bits per heavy atom. The van der Waals surface area contributed by atoms with E-state index in [9.17, 15) is 29.2 Å². The van der Waals surface area contributed by atoms with E-state index in [1.165, 1.54) is 31.6 Å². The molecule has 46 heavy (non-hydrogen) atoms. The molecule has 1 aromatic heterocycles. The smallest absolute Gasteiger partial charge is 0.252 e. The van der Waals surface area contributed by atoms with Crippen LogP contribution in [-0.2, 0) is 23.9 Å². The molecule has 0 aliphatic rings. The van der Waals surface area contributed by atoms with Crippen molar-refractivity contribution in [2.24, 2.45) is 17.8 Å². The summed E-state index contributed by atoms with van der Waals surface area (Å²) in [5.74, 6) is -2.32. The summed E-state index contributed by atoms with van der Waals surface area (Å²) in [6.45, 7) is 15.5. The van der Waals surface area contributed by atoms with Crippen LogP contribution < -0.4 is 36.6 Å². The van der Waals surface area contributed by atoms with Crippen LogP contribution in [0.4, 0.5) is 0 Å². The molecule has 0 aliphatic carbocycles. The summed E-state index contributed by atoms with van der Waals surface area (Å²) in [5.41, 5.74) is 0.218. The van der Waals surface area contributed by atoms with Crippen LogP contribution in [0.3, 0.4) is 0 Å². The predicted molar refractivity (Wildman–Crippen MR) is 174 cm³/mol. The number of aromatic nitrogens is 1. The number of hydrogen-bond donors (Lipinski definition) is 6. The summed E-state index contributed by atoms with van der Waals surface area (Å²) in [5, 5.41) is 28.5. The Morgan fingerprint density at radius 3 is 1.98 bits per heavy atom. The number of amides is 5. The monoisotopic (exact) mass is 649 g/mol. The van der Waals surface area contributed by atoms with Gasteiger partial charge in [-0.2, -0.15) is 4.73 Å². The molecule has 1 rings (SSSR count). The van der Waals surface area contributed by atoms with E-state index in [1.54, 1.807) is 6.92 Å². The van der Waals surface area contributed by atoms with Crippen molar-refractivity contribution < 1.29 is 33.4 Å². The quantitative estimate of drug-likeness (QED) is 0.0862. The fourth-order valence-corrected chi connectivity index (χ4v) is 4.67. The van der Waals surface area contributed by atoms with E-state index < -0.39 is 47.9 Å². The molecule has 6 N–H and O–H groups in total. The fraction of sp³-hybridized carbons (Fsp3) is 0.688. The first-order valence-electron chi connectivity index (χ1n) is 16.1. The van der Waals surface area contributed by atoms with Crippen LogP contribution in [0, 0.1) is 23.0 Å². The van der Waals surface area contributed by atoms with Gasteiger partial charge in [0.2, 0.25) is 23.6 Å².